The van der Waals surface area contributed by atoms with E-state index in [0.717, 1.165) is 59.8 Å². The van der Waals surface area contributed by atoms with E-state index >= 15 is 0 Å². The number of allylic oxidation sites excluding steroid dienone is 7. The highest BCUT2D eigenvalue weighted by Crippen LogP contribution is 2.35. The van der Waals surface area contributed by atoms with E-state index in [1.165, 1.54) is 0 Å². The van der Waals surface area contributed by atoms with Crippen molar-refractivity contribution in [3.8, 4) is 11.5 Å². The van der Waals surface area contributed by atoms with Gasteiger partial charge >= 0.3 is 0 Å². The molecule has 0 aliphatic rings. The molecule has 0 bridgehead atoms. The van der Waals surface area contributed by atoms with Crippen molar-refractivity contribution < 1.29 is 23.7 Å². The van der Waals surface area contributed by atoms with Gasteiger partial charge < -0.3 is 23.7 Å². The Morgan fingerprint density at radius 2 is 1.59 bits per heavy atom. The van der Waals surface area contributed by atoms with E-state index in [9.17, 15) is 0 Å². The molecule has 0 spiro atoms. The van der Waals surface area contributed by atoms with Crippen LogP contribution in [0.15, 0.2) is 78.0 Å². The highest BCUT2D eigenvalue weighted by molar-refractivity contribution is 7.80. The molecule has 8 heteroatoms. The first kappa shape index (κ1) is 35.0. The molecule has 1 unspecified atom stereocenters. The van der Waals surface area contributed by atoms with Crippen LogP contribution in [0.5, 0.6) is 11.5 Å². The van der Waals surface area contributed by atoms with Crippen molar-refractivity contribution in [2.45, 2.75) is 45.4 Å². The summed E-state index contributed by atoms with van der Waals surface area (Å²) in [6.45, 7) is 9.68. The summed E-state index contributed by atoms with van der Waals surface area (Å²) >= 11 is 12.8. The van der Waals surface area contributed by atoms with Gasteiger partial charge in [-0.15, -0.1) is 0 Å². The van der Waals surface area contributed by atoms with Crippen LogP contribution in [-0.4, -0.2) is 51.3 Å². The van der Waals surface area contributed by atoms with E-state index in [1.807, 2.05) is 37.3 Å². The molecule has 0 radical (unpaired) electrons. The molecule has 1 aromatic carbocycles. The molecule has 0 saturated heterocycles. The van der Waals surface area contributed by atoms with Crippen LogP contribution in [0.25, 0.3) is 0 Å². The van der Waals surface area contributed by atoms with E-state index < -0.39 is 0 Å². The van der Waals surface area contributed by atoms with Crippen molar-refractivity contribution in [3.05, 3.63) is 83.6 Å². The Labute approximate surface area is 252 Å². The van der Waals surface area contributed by atoms with Crippen LogP contribution in [-0.2, 0) is 14.2 Å². The van der Waals surface area contributed by atoms with Crippen molar-refractivity contribution in [2.75, 3.05) is 51.3 Å². The molecule has 0 saturated carbocycles. The zero-order valence-corrected chi connectivity index (χ0v) is 26.5. The van der Waals surface area contributed by atoms with Crippen molar-refractivity contribution >= 4 is 37.9 Å². The summed E-state index contributed by atoms with van der Waals surface area (Å²) in [5.41, 5.74) is 2.11. The Morgan fingerprint density at radius 1 is 0.897 bits per heavy atom. The highest BCUT2D eigenvalue weighted by Gasteiger charge is 2.16. The number of thiol groups is 3. The molecule has 0 amide bonds. The lowest BCUT2D eigenvalue weighted by Gasteiger charge is -2.19. The van der Waals surface area contributed by atoms with Crippen LogP contribution in [0.4, 0.5) is 0 Å². The lowest BCUT2D eigenvalue weighted by Crippen LogP contribution is -2.04. The molecular weight excluding hydrogens is 549 g/mol. The number of hydrogen-bond donors (Lipinski definition) is 3. The number of methoxy groups -OCH3 is 2. The number of benzene rings is 1. The summed E-state index contributed by atoms with van der Waals surface area (Å²) in [6, 6.07) is 6.03. The van der Waals surface area contributed by atoms with E-state index in [1.54, 1.807) is 20.3 Å². The number of unbranched alkanes of at least 4 members (excludes halogenated alkanes) is 1. The lowest BCUT2D eigenvalue weighted by atomic mass is 9.90. The Balaban J connectivity index is 3.39. The molecule has 1 rings (SSSR count). The molecular formula is C31H46O5S3. The van der Waals surface area contributed by atoms with Gasteiger partial charge in [-0.1, -0.05) is 30.4 Å². The van der Waals surface area contributed by atoms with Crippen LogP contribution in [0.1, 0.15) is 51.0 Å². The molecule has 5 nitrogen and oxygen atoms in total. The molecule has 0 N–H and O–H groups in total. The van der Waals surface area contributed by atoms with Gasteiger partial charge in [0.2, 0.25) is 0 Å². The van der Waals surface area contributed by atoms with Crippen molar-refractivity contribution in [1.82, 2.24) is 0 Å². The third-order valence-corrected chi connectivity index (χ3v) is 6.68. The Hall–Kier alpha value is -2.03. The summed E-state index contributed by atoms with van der Waals surface area (Å²) in [5.74, 6) is 5.85. The summed E-state index contributed by atoms with van der Waals surface area (Å²) in [6.07, 6.45) is 13.4. The largest absolute Gasteiger partial charge is 0.494 e. The monoisotopic (exact) mass is 594 g/mol. The molecule has 1 aromatic rings. The summed E-state index contributed by atoms with van der Waals surface area (Å²) in [7, 11) is 3.31. The van der Waals surface area contributed by atoms with E-state index in [2.05, 4.69) is 63.5 Å². The minimum Gasteiger partial charge on any atom is -0.494 e. The van der Waals surface area contributed by atoms with Gasteiger partial charge in [-0.2, -0.15) is 37.9 Å². The van der Waals surface area contributed by atoms with Crippen LogP contribution < -0.4 is 9.47 Å². The maximum absolute atomic E-state index is 5.93. The van der Waals surface area contributed by atoms with E-state index in [0.29, 0.717) is 42.8 Å². The fourth-order valence-electron chi connectivity index (χ4n) is 3.57. The summed E-state index contributed by atoms with van der Waals surface area (Å²) < 4.78 is 29.0. The highest BCUT2D eigenvalue weighted by atomic mass is 32.1. The van der Waals surface area contributed by atoms with Crippen LogP contribution in [0.3, 0.4) is 0 Å². The van der Waals surface area contributed by atoms with Crippen molar-refractivity contribution in [1.29, 1.82) is 0 Å². The topological polar surface area (TPSA) is 46.2 Å². The molecule has 0 aliphatic carbocycles. The zero-order chi connectivity index (χ0) is 28.9. The standard InChI is InChI=1S/C31H46O5S3/c1-6-27(35-17-10-20-38)12-9-13-28(24(2)22-30(32-4)25(3)34-16-7-8-19-37)26-14-15-29(31(23-26)33-5)36-18-11-21-39/h6,9,12-15,22-23,28,37-39H,1,7-8,10-11,16-21H2,2-5H3/b13-9+,24-22+,27-12+,30-25-. The molecule has 0 heterocycles. The van der Waals surface area contributed by atoms with Crippen molar-refractivity contribution in [2.24, 2.45) is 0 Å². The zero-order valence-electron chi connectivity index (χ0n) is 23.9. The SMILES string of the molecule is C=C/C(=C\C=C\C(/C(C)=C/C(OC)=C(\C)OCCCCS)c1ccc(OCCCS)c(OC)c1)OCCCS. The average Bonchev–Trinajstić information content (AvgIpc) is 2.95. The molecule has 39 heavy (non-hydrogen) atoms. The average molecular weight is 595 g/mol. The molecule has 218 valence electrons. The predicted molar refractivity (Wildman–Crippen MR) is 174 cm³/mol. The molecule has 1 atom stereocenters. The number of hydrogen-bond acceptors (Lipinski definition) is 8. The first-order valence-corrected chi connectivity index (χ1v) is 15.2. The van der Waals surface area contributed by atoms with Gasteiger partial charge in [0.1, 0.15) is 11.5 Å². The second-order valence-electron chi connectivity index (χ2n) is 8.69. The fraction of sp³-hybridized carbons (Fsp3) is 0.484. The Bertz CT molecular complexity index is 969. The molecule has 0 aromatic heterocycles. The van der Waals surface area contributed by atoms with Gasteiger partial charge in [0.25, 0.3) is 0 Å². The van der Waals surface area contributed by atoms with Gasteiger partial charge in [0.05, 0.1) is 34.0 Å². The second-order valence-corrected chi connectivity index (χ2v) is 10.0. The molecule has 0 fully saturated rings. The smallest absolute Gasteiger partial charge is 0.161 e. The van der Waals surface area contributed by atoms with Crippen LogP contribution >= 0.6 is 37.9 Å². The first-order chi connectivity index (χ1) is 18.9. The van der Waals surface area contributed by atoms with Gasteiger partial charge in [0, 0.05) is 5.92 Å². The quantitative estimate of drug-likeness (QED) is 0.0583. The van der Waals surface area contributed by atoms with Crippen molar-refractivity contribution in [3.63, 3.8) is 0 Å². The van der Waals surface area contributed by atoms with E-state index in [4.69, 9.17) is 23.7 Å². The summed E-state index contributed by atoms with van der Waals surface area (Å²) in [4.78, 5) is 0. The van der Waals surface area contributed by atoms with Gasteiger partial charge in [-0.3, -0.25) is 0 Å². The fourth-order valence-corrected chi connectivity index (χ4v) is 4.05. The lowest BCUT2D eigenvalue weighted by molar-refractivity contribution is 0.180. The summed E-state index contributed by atoms with van der Waals surface area (Å²) in [5, 5.41) is 0. The van der Waals surface area contributed by atoms with E-state index in [-0.39, 0.29) is 5.92 Å². The molecule has 0 aliphatic heterocycles. The third-order valence-electron chi connectivity index (χ3n) is 5.73. The Kier molecular flexibility index (Phi) is 19.5. The minimum absolute atomic E-state index is 0.0766. The predicted octanol–water partition coefficient (Wildman–Crippen LogP) is 7.99. The second kappa shape index (κ2) is 21.8. The van der Waals surface area contributed by atoms with Crippen LogP contribution in [0, 0.1) is 0 Å². The first-order valence-electron chi connectivity index (χ1n) is 13.3. The van der Waals surface area contributed by atoms with Gasteiger partial charge in [0.15, 0.2) is 17.3 Å². The maximum Gasteiger partial charge on any atom is 0.161 e. The maximum atomic E-state index is 5.93. The Morgan fingerprint density at radius 3 is 2.23 bits per heavy atom. The van der Waals surface area contributed by atoms with Gasteiger partial charge in [-0.25, -0.2) is 0 Å². The number of ether oxygens (including phenoxy) is 5. The third kappa shape index (κ3) is 13.7. The van der Waals surface area contributed by atoms with Gasteiger partial charge in [-0.05, 0) is 92.7 Å². The number of rotatable bonds is 21. The minimum atomic E-state index is -0.0766. The normalized spacial score (nSPS) is 13.6. The van der Waals surface area contributed by atoms with Crippen LogP contribution in [0.2, 0.25) is 0 Å².